The van der Waals surface area contributed by atoms with E-state index in [1.807, 2.05) is 24.3 Å². The van der Waals surface area contributed by atoms with Gasteiger partial charge in [-0.15, -0.1) is 0 Å². The van der Waals surface area contributed by atoms with Crippen LogP contribution in [0.15, 0.2) is 24.3 Å². The molecule has 0 aliphatic heterocycles. The van der Waals surface area contributed by atoms with Crippen LogP contribution in [0.4, 0.5) is 0 Å². The van der Waals surface area contributed by atoms with Crippen molar-refractivity contribution in [2.75, 3.05) is 5.52 Å². The summed E-state index contributed by atoms with van der Waals surface area (Å²) >= 11 is 3.15. The third-order valence-corrected chi connectivity index (χ3v) is 1.14. The predicted molar refractivity (Wildman–Crippen MR) is 39.7 cm³/mol. The normalized spacial score (nSPS) is 9.00. The molecule has 0 heterocycles. The largest absolute Gasteiger partial charge is 0.482 e. The zero-order valence-corrected chi connectivity index (χ0v) is 6.39. The molecule has 0 N–H and O–H groups in total. The highest BCUT2D eigenvalue weighted by atomic mass is 79.9. The number of rotatable bonds is 2. The van der Waals surface area contributed by atoms with Gasteiger partial charge in [0, 0.05) is 0 Å². The zero-order chi connectivity index (χ0) is 6.53. The lowest BCUT2D eigenvalue weighted by Gasteiger charge is -1.97. The maximum Gasteiger partial charge on any atom is 0.143 e. The van der Waals surface area contributed by atoms with Crippen LogP contribution in [-0.2, 0) is 0 Å². The standard InChI is InChI=1S/C7H6BrO/c8-6-9-7-4-2-1-3-5-7/h2-5H,6H2. The van der Waals surface area contributed by atoms with Gasteiger partial charge in [-0.25, -0.2) is 0 Å². The Hall–Kier alpha value is -0.500. The van der Waals surface area contributed by atoms with Gasteiger partial charge in [-0.2, -0.15) is 0 Å². The van der Waals surface area contributed by atoms with E-state index in [1.54, 1.807) is 0 Å². The van der Waals surface area contributed by atoms with Crippen molar-refractivity contribution in [3.8, 4) is 5.75 Å². The summed E-state index contributed by atoms with van der Waals surface area (Å²) in [6.45, 7) is 0. The van der Waals surface area contributed by atoms with Crippen LogP contribution in [0.25, 0.3) is 0 Å². The first-order valence-corrected chi connectivity index (χ1v) is 3.70. The van der Waals surface area contributed by atoms with Gasteiger partial charge in [0.1, 0.15) is 11.3 Å². The molecular weight excluding hydrogens is 180 g/mol. The molecule has 0 aromatic heterocycles. The molecule has 47 valence electrons. The fraction of sp³-hybridized carbons (Fsp3) is 0.143. The van der Waals surface area contributed by atoms with Crippen LogP contribution < -0.4 is 4.74 Å². The van der Waals surface area contributed by atoms with Crippen LogP contribution in [0.3, 0.4) is 0 Å². The summed E-state index contributed by atoms with van der Waals surface area (Å²) in [7, 11) is 0. The third kappa shape index (κ3) is 2.06. The van der Waals surface area contributed by atoms with Crippen LogP contribution in [0.2, 0.25) is 0 Å². The fourth-order valence-electron chi connectivity index (χ4n) is 0.531. The first kappa shape index (κ1) is 6.62. The lowest BCUT2D eigenvalue weighted by atomic mass is 10.3. The average molecular weight is 186 g/mol. The number of halogens is 1. The fourth-order valence-corrected chi connectivity index (χ4v) is 0.795. The van der Waals surface area contributed by atoms with Crippen molar-refractivity contribution in [2.45, 2.75) is 0 Å². The number of alkyl halides is 1. The van der Waals surface area contributed by atoms with E-state index in [0.29, 0.717) is 5.52 Å². The molecule has 0 spiro atoms. The molecule has 0 aliphatic carbocycles. The van der Waals surface area contributed by atoms with Crippen molar-refractivity contribution in [1.82, 2.24) is 0 Å². The lowest BCUT2D eigenvalue weighted by molar-refractivity contribution is 0.398. The Labute approximate surface area is 62.8 Å². The van der Waals surface area contributed by atoms with E-state index in [1.165, 1.54) is 0 Å². The summed E-state index contributed by atoms with van der Waals surface area (Å²) in [5.74, 6) is 0.866. The Morgan fingerprint density at radius 3 is 2.67 bits per heavy atom. The number of ether oxygens (including phenoxy) is 1. The van der Waals surface area contributed by atoms with Gasteiger partial charge in [0.05, 0.1) is 0 Å². The van der Waals surface area contributed by atoms with Crippen molar-refractivity contribution in [3.63, 3.8) is 0 Å². The summed E-state index contributed by atoms with van der Waals surface area (Å²) in [4.78, 5) is 0. The minimum absolute atomic E-state index is 0.539. The van der Waals surface area contributed by atoms with Crippen molar-refractivity contribution >= 4 is 15.9 Å². The van der Waals surface area contributed by atoms with Gasteiger partial charge in [0.2, 0.25) is 0 Å². The van der Waals surface area contributed by atoms with Crippen LogP contribution in [0.5, 0.6) is 5.75 Å². The molecule has 1 rings (SSSR count). The Kier molecular flexibility index (Phi) is 2.58. The Morgan fingerprint density at radius 1 is 1.44 bits per heavy atom. The smallest absolute Gasteiger partial charge is 0.143 e. The molecule has 0 unspecified atom stereocenters. The number of benzene rings is 1. The summed E-state index contributed by atoms with van der Waals surface area (Å²) in [6, 6.07) is 10.3. The van der Waals surface area contributed by atoms with E-state index in [-0.39, 0.29) is 0 Å². The molecule has 0 atom stereocenters. The highest BCUT2D eigenvalue weighted by Gasteiger charge is 1.84. The van der Waals surface area contributed by atoms with E-state index < -0.39 is 0 Å². The molecule has 1 aromatic rings. The summed E-state index contributed by atoms with van der Waals surface area (Å²) in [5.41, 5.74) is 0.539. The molecule has 2 heteroatoms. The topological polar surface area (TPSA) is 9.23 Å². The summed E-state index contributed by atoms with van der Waals surface area (Å²) in [5, 5.41) is 0. The van der Waals surface area contributed by atoms with Crippen LogP contribution >= 0.6 is 15.9 Å². The zero-order valence-electron chi connectivity index (χ0n) is 4.80. The van der Waals surface area contributed by atoms with Crippen LogP contribution in [-0.4, -0.2) is 5.52 Å². The first-order chi connectivity index (χ1) is 4.43. The van der Waals surface area contributed by atoms with Crippen LogP contribution in [0, 0.1) is 6.07 Å². The maximum absolute atomic E-state index is 5.10. The van der Waals surface area contributed by atoms with Gasteiger partial charge in [-0.1, -0.05) is 12.1 Å². The molecule has 1 radical (unpaired) electrons. The second-order valence-electron chi connectivity index (χ2n) is 1.49. The minimum Gasteiger partial charge on any atom is -0.482 e. The molecule has 0 aliphatic rings. The molecular formula is C7H6BrO. The molecule has 0 fully saturated rings. The monoisotopic (exact) mass is 185 g/mol. The van der Waals surface area contributed by atoms with E-state index in [0.717, 1.165) is 5.75 Å². The first-order valence-electron chi connectivity index (χ1n) is 2.58. The predicted octanol–water partition coefficient (Wildman–Crippen LogP) is 2.22. The van der Waals surface area contributed by atoms with Gasteiger partial charge in [-0.05, 0) is 34.1 Å². The van der Waals surface area contributed by atoms with E-state index in [2.05, 4.69) is 22.0 Å². The van der Waals surface area contributed by atoms with Crippen molar-refractivity contribution in [3.05, 3.63) is 30.3 Å². The highest BCUT2D eigenvalue weighted by molar-refractivity contribution is 9.09. The Morgan fingerprint density at radius 2 is 2.11 bits per heavy atom. The van der Waals surface area contributed by atoms with Gasteiger partial charge in [0.25, 0.3) is 0 Å². The van der Waals surface area contributed by atoms with Crippen molar-refractivity contribution < 1.29 is 4.74 Å². The second-order valence-corrected chi connectivity index (χ2v) is 1.95. The maximum atomic E-state index is 5.10. The quantitative estimate of drug-likeness (QED) is 0.643. The SMILES string of the molecule is BrCOc1cc[c]cc1. The van der Waals surface area contributed by atoms with Gasteiger partial charge >= 0.3 is 0 Å². The number of hydrogen-bond donors (Lipinski definition) is 0. The lowest BCUT2D eigenvalue weighted by Crippen LogP contribution is -1.86. The summed E-state index contributed by atoms with van der Waals surface area (Å²) in [6.07, 6.45) is 0. The third-order valence-electron chi connectivity index (χ3n) is 0.909. The van der Waals surface area contributed by atoms with Gasteiger partial charge < -0.3 is 4.74 Å². The van der Waals surface area contributed by atoms with Crippen molar-refractivity contribution in [2.24, 2.45) is 0 Å². The van der Waals surface area contributed by atoms with Gasteiger partial charge in [-0.3, -0.25) is 0 Å². The Bertz CT molecular complexity index is 162. The van der Waals surface area contributed by atoms with E-state index in [4.69, 9.17) is 4.74 Å². The molecule has 9 heavy (non-hydrogen) atoms. The molecule has 0 saturated heterocycles. The molecule has 1 aromatic carbocycles. The molecule has 0 bridgehead atoms. The van der Waals surface area contributed by atoms with Crippen molar-refractivity contribution in [1.29, 1.82) is 0 Å². The molecule has 1 nitrogen and oxygen atoms in total. The molecule has 0 amide bonds. The average Bonchev–Trinajstić information content (AvgIpc) is 1.91. The van der Waals surface area contributed by atoms with Gasteiger partial charge in [0.15, 0.2) is 0 Å². The summed E-state index contributed by atoms with van der Waals surface area (Å²) < 4.78 is 5.10. The van der Waals surface area contributed by atoms with E-state index >= 15 is 0 Å². The highest BCUT2D eigenvalue weighted by Crippen LogP contribution is 2.07. The van der Waals surface area contributed by atoms with Crippen LogP contribution in [0.1, 0.15) is 0 Å². The van der Waals surface area contributed by atoms with E-state index in [9.17, 15) is 0 Å². The number of hydrogen-bond acceptors (Lipinski definition) is 1. The minimum atomic E-state index is 0.539. The molecule has 0 saturated carbocycles. The second kappa shape index (κ2) is 3.51. The Balaban J connectivity index is 2.61.